The van der Waals surface area contributed by atoms with Gasteiger partial charge in [0.25, 0.3) is 0 Å². The molecule has 6 nitrogen and oxygen atoms in total. The van der Waals surface area contributed by atoms with Crippen molar-refractivity contribution in [3.63, 3.8) is 0 Å². The number of likely N-dealkylation sites (tertiary alicyclic amines) is 1. The number of hydrogen-bond donors (Lipinski definition) is 2. The van der Waals surface area contributed by atoms with Crippen LogP contribution in [0, 0.1) is 5.92 Å². The fraction of sp³-hybridized carbons (Fsp3) is 0.517. The molecule has 1 amide bonds. The Kier molecular flexibility index (Phi) is 7.45. The highest BCUT2D eigenvalue weighted by Gasteiger charge is 2.61. The monoisotopic (exact) mass is 544 g/mol. The molecule has 3 atom stereocenters. The minimum absolute atomic E-state index is 0.0828. The Balaban J connectivity index is 1.42. The topological polar surface area (TPSA) is 78.9 Å². The summed E-state index contributed by atoms with van der Waals surface area (Å²) in [5, 5.41) is 14.5. The Labute approximate surface area is 228 Å². The molecule has 8 heteroatoms. The zero-order valence-corrected chi connectivity index (χ0v) is 22.7. The fourth-order valence-corrected chi connectivity index (χ4v) is 6.87. The lowest BCUT2D eigenvalue weighted by Crippen LogP contribution is -2.68. The van der Waals surface area contributed by atoms with Gasteiger partial charge in [0, 0.05) is 31.5 Å². The van der Waals surface area contributed by atoms with Crippen LogP contribution < -0.4 is 5.32 Å². The largest absolute Gasteiger partial charge is 0.508 e. The number of nitrogens with one attached hydrogen (secondary N) is 1. The number of benzene rings is 2. The minimum atomic E-state index is -0.718. The second-order valence-corrected chi connectivity index (χ2v) is 11.9. The second-order valence-electron chi connectivity index (χ2n) is 11.1. The number of carbonyl (C=O) groups excluding carboxylic acids is 2. The lowest BCUT2D eigenvalue weighted by atomic mass is 9.55. The number of nitrogens with zero attached hydrogens (tertiary/aromatic N) is 1. The molecule has 0 bridgehead atoms. The Morgan fingerprint density at radius 2 is 1.92 bits per heavy atom. The Hall–Kier alpha value is -2.28. The van der Waals surface area contributed by atoms with Crippen molar-refractivity contribution in [2.24, 2.45) is 5.92 Å². The van der Waals surface area contributed by atoms with Gasteiger partial charge in [-0.05, 0) is 86.4 Å². The van der Waals surface area contributed by atoms with Gasteiger partial charge in [0.1, 0.15) is 11.4 Å². The van der Waals surface area contributed by atoms with Gasteiger partial charge in [-0.15, -0.1) is 0 Å². The molecule has 0 unspecified atom stereocenters. The number of carbonyl (C=O) groups is 2. The standard InChI is InChI=1S/C29H34Cl2N2O4/c1-19(34)37-29-10-9-23(32-27(36)14-21-7-8-25(30)26(31)13-21)16-28(29,22-3-2-4-24(35)15-22)11-12-33(18-29)17-20-5-6-20/h2-4,7-8,13,15,20,23,35H,5-6,9-12,14,16-18H2,1H3,(H,32,36)/t23-,28+,29+/m1/s1. The van der Waals surface area contributed by atoms with Crippen LogP contribution in [-0.4, -0.2) is 53.2 Å². The molecule has 2 saturated carbocycles. The minimum Gasteiger partial charge on any atom is -0.508 e. The van der Waals surface area contributed by atoms with Gasteiger partial charge in [-0.25, -0.2) is 0 Å². The first-order valence-corrected chi connectivity index (χ1v) is 13.9. The molecule has 198 valence electrons. The summed E-state index contributed by atoms with van der Waals surface area (Å²) in [4.78, 5) is 28.0. The quantitative estimate of drug-likeness (QED) is 0.464. The molecule has 0 spiro atoms. The van der Waals surface area contributed by atoms with Crippen LogP contribution in [0.25, 0.3) is 0 Å². The van der Waals surface area contributed by atoms with Crippen molar-refractivity contribution in [2.75, 3.05) is 19.6 Å². The summed E-state index contributed by atoms with van der Waals surface area (Å²) in [6, 6.07) is 12.5. The zero-order valence-electron chi connectivity index (χ0n) is 21.1. The van der Waals surface area contributed by atoms with Crippen molar-refractivity contribution in [2.45, 2.75) is 68.9 Å². The predicted molar refractivity (Wildman–Crippen MR) is 144 cm³/mol. The van der Waals surface area contributed by atoms with E-state index < -0.39 is 11.0 Å². The number of amides is 1. The highest BCUT2D eigenvalue weighted by molar-refractivity contribution is 6.42. The van der Waals surface area contributed by atoms with Gasteiger partial charge >= 0.3 is 5.97 Å². The fourth-order valence-electron chi connectivity index (χ4n) is 6.55. The van der Waals surface area contributed by atoms with Crippen molar-refractivity contribution in [3.05, 3.63) is 63.6 Å². The summed E-state index contributed by atoms with van der Waals surface area (Å²) in [5.41, 5.74) is 0.526. The molecule has 3 aliphatic rings. The molecular formula is C29H34Cl2N2O4. The number of rotatable bonds is 7. The normalized spacial score (nSPS) is 27.8. The maximum atomic E-state index is 13.0. The van der Waals surface area contributed by atoms with E-state index in [1.807, 2.05) is 18.2 Å². The van der Waals surface area contributed by atoms with Crippen molar-refractivity contribution < 1.29 is 19.4 Å². The van der Waals surface area contributed by atoms with Gasteiger partial charge < -0.3 is 15.2 Å². The van der Waals surface area contributed by atoms with Gasteiger partial charge in [-0.3, -0.25) is 14.5 Å². The van der Waals surface area contributed by atoms with Crippen LogP contribution >= 0.6 is 23.2 Å². The molecule has 0 radical (unpaired) electrons. The van der Waals surface area contributed by atoms with Crippen LogP contribution in [0.1, 0.15) is 56.6 Å². The molecule has 0 aromatic heterocycles. The van der Waals surface area contributed by atoms with E-state index in [1.165, 1.54) is 19.8 Å². The molecule has 5 rings (SSSR count). The average Bonchev–Trinajstić information content (AvgIpc) is 3.65. The maximum absolute atomic E-state index is 13.0. The van der Waals surface area contributed by atoms with Crippen LogP contribution in [0.5, 0.6) is 5.75 Å². The molecule has 3 fully saturated rings. The highest BCUT2D eigenvalue weighted by Crippen LogP contribution is 2.54. The van der Waals surface area contributed by atoms with Crippen LogP contribution in [-0.2, 0) is 26.2 Å². The molecule has 1 heterocycles. The van der Waals surface area contributed by atoms with Gasteiger partial charge in [0.2, 0.25) is 5.91 Å². The van der Waals surface area contributed by atoms with E-state index in [4.69, 9.17) is 27.9 Å². The molecule has 1 aliphatic heterocycles. The number of phenols is 1. The lowest BCUT2D eigenvalue weighted by Gasteiger charge is -2.59. The summed E-state index contributed by atoms with van der Waals surface area (Å²) in [6.45, 7) is 4.07. The summed E-state index contributed by atoms with van der Waals surface area (Å²) in [5.74, 6) is 0.551. The summed E-state index contributed by atoms with van der Waals surface area (Å²) in [7, 11) is 0. The average molecular weight is 546 g/mol. The summed E-state index contributed by atoms with van der Waals surface area (Å²) < 4.78 is 6.28. The predicted octanol–water partition coefficient (Wildman–Crippen LogP) is 5.27. The summed E-state index contributed by atoms with van der Waals surface area (Å²) >= 11 is 12.2. The van der Waals surface area contributed by atoms with E-state index in [0.717, 1.165) is 36.6 Å². The van der Waals surface area contributed by atoms with E-state index in [2.05, 4.69) is 10.2 Å². The number of phenolic OH excluding ortho intramolecular Hbond substituents is 1. The lowest BCUT2D eigenvalue weighted by molar-refractivity contribution is -0.187. The van der Waals surface area contributed by atoms with Crippen LogP contribution in [0.15, 0.2) is 42.5 Å². The smallest absolute Gasteiger partial charge is 0.303 e. The number of hydrogen-bond acceptors (Lipinski definition) is 5. The van der Waals surface area contributed by atoms with Crippen LogP contribution in [0.2, 0.25) is 10.0 Å². The van der Waals surface area contributed by atoms with Gasteiger partial charge in [0.05, 0.1) is 16.5 Å². The van der Waals surface area contributed by atoms with Crippen molar-refractivity contribution in [3.8, 4) is 5.75 Å². The third-order valence-electron chi connectivity index (χ3n) is 8.36. The molecule has 1 saturated heterocycles. The van der Waals surface area contributed by atoms with E-state index in [-0.39, 0.29) is 30.1 Å². The molecule has 2 N–H and O–H groups in total. The Morgan fingerprint density at radius 3 is 2.62 bits per heavy atom. The SMILES string of the molecule is CC(=O)O[C@]12CC[C@@H](NC(=O)Cc3ccc(Cl)c(Cl)c3)C[C@]1(c1cccc(O)c1)CCN(CC1CC1)C2. The summed E-state index contributed by atoms with van der Waals surface area (Å²) in [6.07, 6.45) is 5.50. The first-order chi connectivity index (χ1) is 17.7. The third kappa shape index (κ3) is 5.62. The number of fused-ring (bicyclic) bond motifs is 1. The van der Waals surface area contributed by atoms with Gasteiger partial charge in [0.15, 0.2) is 0 Å². The second kappa shape index (κ2) is 10.5. The van der Waals surface area contributed by atoms with E-state index in [0.29, 0.717) is 35.9 Å². The van der Waals surface area contributed by atoms with Crippen molar-refractivity contribution in [1.82, 2.24) is 10.2 Å². The number of piperidine rings is 1. The Bertz CT molecular complexity index is 1190. The van der Waals surface area contributed by atoms with E-state index in [1.54, 1.807) is 24.3 Å². The third-order valence-corrected chi connectivity index (χ3v) is 9.10. The number of esters is 1. The van der Waals surface area contributed by atoms with Gasteiger partial charge in [-0.2, -0.15) is 0 Å². The number of ether oxygens (including phenoxy) is 1. The number of aromatic hydroxyl groups is 1. The van der Waals surface area contributed by atoms with E-state index in [9.17, 15) is 14.7 Å². The first-order valence-electron chi connectivity index (χ1n) is 13.1. The molecule has 2 aromatic carbocycles. The number of halogens is 2. The van der Waals surface area contributed by atoms with Crippen molar-refractivity contribution >= 4 is 35.1 Å². The van der Waals surface area contributed by atoms with Gasteiger partial charge in [-0.1, -0.05) is 41.4 Å². The van der Waals surface area contributed by atoms with Crippen molar-refractivity contribution in [1.29, 1.82) is 0 Å². The van der Waals surface area contributed by atoms with Crippen LogP contribution in [0.4, 0.5) is 0 Å². The molecule has 2 aromatic rings. The Morgan fingerprint density at radius 1 is 1.11 bits per heavy atom. The highest BCUT2D eigenvalue weighted by atomic mass is 35.5. The van der Waals surface area contributed by atoms with E-state index >= 15 is 0 Å². The zero-order chi connectivity index (χ0) is 26.2. The maximum Gasteiger partial charge on any atom is 0.303 e. The molecule has 37 heavy (non-hydrogen) atoms. The first kappa shape index (κ1) is 26.3. The molecular weight excluding hydrogens is 511 g/mol. The van der Waals surface area contributed by atoms with Crippen LogP contribution in [0.3, 0.4) is 0 Å². The molecule has 2 aliphatic carbocycles.